The number of aliphatic imine (C=N–C) groups is 1. The number of anilines is 5. The van der Waals surface area contributed by atoms with E-state index >= 15 is 0 Å². The average molecular weight is 1790 g/mol. The average Bonchev–Trinajstić information content (AvgIpc) is 1.25. The summed E-state index contributed by atoms with van der Waals surface area (Å²) in [6, 6.07) is 29.0. The maximum Gasteiger partial charge on any atom is 1.00 e. The van der Waals surface area contributed by atoms with Gasteiger partial charge in [0.1, 0.15) is 10.9 Å². The van der Waals surface area contributed by atoms with Gasteiger partial charge in [-0.25, -0.2) is 4.99 Å². The SMILES string of the molecule is CCN(CC)CCCl.CCN(CC)CCN1C(=O)CCc2cc(N)ccc21.CCN(CC)CCN1C(=O)CCc2cc(N=C(N)c3cccs3)ccc21.CCN(CC)CCN1C(=O)CCc2cc([N+](=O)[O-])ccc21.CCO.CSC(=N)c1cccs1.Cl.I.NN.O=C1CCc2cc([N+](=O)[O-])ccc2N1.O=CO[O-].[H-].[K+].[K+]. The number of non-ortho nitro benzene ring substituents is 2. The summed E-state index contributed by atoms with van der Waals surface area (Å²) in [5.74, 6) is 9.78. The standard InChI is InChI=1S/C20H26N4OS.C15H21N3O3.C15H23N3O.C9H8N2O3.C6H14ClN.C6H7NS2.C2H6O.CH2O3.ClH.HI.2K.H4N2.H/c1-3-23(4-2)11-12-24-17-9-8-16(14-15(17)7-10-19(24)25)22-20(21)18-6-5-13-26-18;1-3-16(4-2)9-10-17-14-7-6-13(18(20)21)11-12(14)5-8-15(17)19;1-3-17(4-2)9-10-18-14-7-6-13(16)11-12(14)5-8-15(18)19;12-9-4-1-6-5-7(11(13)14)2-3-8(6)10-9;1-3-8(4-2)6-5-7;1-8-6(7)5-3-2-4-9-5;1-2-3;2-1-4-3;;;;;1-2;/h5-6,8-9,13-14H,3-4,7,10-12H2,1-2H3,(H2,21,22);6-7,11H,3-5,8-10H2,1-2H3;6-7,11H,3-5,8-10,16H2,1-2H3;2-3,5H,1,4H2,(H,10,12);3-6H2,1-2H3;2-4,7H,1H3;3H,2H2,1H3;1,3H;2*1H;;;1-2H2;/q;;;;;;;;;;2*+1;;-1/p-1. The van der Waals surface area contributed by atoms with Crippen molar-refractivity contribution >= 4 is 169 Å². The number of thioether (sulfide) groups is 1. The molecular formula is C74H113Cl2IK2N16O12S3. The number of nitro benzene ring substituents is 2. The van der Waals surface area contributed by atoms with Crippen molar-refractivity contribution in [3.63, 3.8) is 0 Å². The molecule has 6 heterocycles. The minimum Gasteiger partial charge on any atom is -1.00 e. The topological polar surface area (TPSA) is 399 Å². The van der Waals surface area contributed by atoms with Crippen LogP contribution in [0.5, 0.6) is 0 Å². The normalized spacial score (nSPS) is 12.6. The van der Waals surface area contributed by atoms with Crippen LogP contribution in [0, 0.1) is 25.6 Å². The molecule has 2 aromatic heterocycles. The summed E-state index contributed by atoms with van der Waals surface area (Å²) in [6.07, 6.45) is 6.61. The number of amidine groups is 1. The van der Waals surface area contributed by atoms with Gasteiger partial charge in [0.25, 0.3) is 17.8 Å². The van der Waals surface area contributed by atoms with E-state index in [2.05, 4.69) is 108 Å². The number of benzene rings is 4. The summed E-state index contributed by atoms with van der Waals surface area (Å²) < 4.78 is 0. The van der Waals surface area contributed by atoms with E-state index in [9.17, 15) is 39.4 Å². The van der Waals surface area contributed by atoms with Crippen LogP contribution < -0.4 is 151 Å². The quantitative estimate of drug-likeness (QED) is 0.00322. The van der Waals surface area contributed by atoms with Gasteiger partial charge in [0, 0.05) is 137 Å². The summed E-state index contributed by atoms with van der Waals surface area (Å²) in [5.41, 5.74) is 21.3. The zero-order chi connectivity index (χ0) is 79.1. The van der Waals surface area contributed by atoms with Crippen LogP contribution in [0.15, 0.2) is 113 Å². The Morgan fingerprint density at radius 2 is 0.982 bits per heavy atom. The van der Waals surface area contributed by atoms with Gasteiger partial charge in [-0.1, -0.05) is 67.5 Å². The Kier molecular flexibility index (Phi) is 64.3. The number of carbonyl (C=O) groups excluding carboxylic acids is 5. The van der Waals surface area contributed by atoms with E-state index in [1.54, 1.807) is 52.7 Å². The summed E-state index contributed by atoms with van der Waals surface area (Å²) >= 11 is 10.2. The molecule has 0 saturated carbocycles. The van der Waals surface area contributed by atoms with E-state index in [-0.39, 0.29) is 189 Å². The third-order valence-electron chi connectivity index (χ3n) is 17.1. The van der Waals surface area contributed by atoms with Gasteiger partial charge in [-0.15, -0.1) is 82.4 Å². The van der Waals surface area contributed by atoms with E-state index in [1.165, 1.54) is 41.1 Å². The van der Waals surface area contributed by atoms with Crippen molar-refractivity contribution < 1.29 is 153 Å². The van der Waals surface area contributed by atoms with Gasteiger partial charge in [-0.05, 0) is 185 Å². The number of amides is 4. The molecule has 0 fully saturated rings. The number of aliphatic hydroxyl groups excluding tert-OH is 1. The van der Waals surface area contributed by atoms with Crippen molar-refractivity contribution in [3.8, 4) is 0 Å². The number of likely N-dealkylation sites (N-methyl/N-ethyl adjacent to an activating group) is 3. The molecule has 10 rings (SSSR count). The molecule has 6 aromatic rings. The Morgan fingerprint density at radius 1 is 0.618 bits per heavy atom. The van der Waals surface area contributed by atoms with Crippen molar-refractivity contribution in [2.24, 2.45) is 22.4 Å². The van der Waals surface area contributed by atoms with Gasteiger partial charge < -0.3 is 67.8 Å². The van der Waals surface area contributed by atoms with Gasteiger partial charge in [-0.2, -0.15) is 0 Å². The molecule has 0 bridgehead atoms. The smallest absolute Gasteiger partial charge is 1.00 e. The van der Waals surface area contributed by atoms with Gasteiger partial charge in [0.15, 0.2) is 0 Å². The van der Waals surface area contributed by atoms with Crippen molar-refractivity contribution in [3.05, 3.63) is 160 Å². The molecule has 4 amide bonds. The maximum absolute atomic E-state index is 12.4. The van der Waals surface area contributed by atoms with Crippen molar-refractivity contribution in [1.82, 2.24) is 19.6 Å². The minimum atomic E-state index is -0.434. The fourth-order valence-corrected chi connectivity index (χ4v) is 13.3. The number of alkyl halides is 1. The van der Waals surface area contributed by atoms with E-state index in [0.29, 0.717) is 61.6 Å². The second kappa shape index (κ2) is 64.2. The summed E-state index contributed by atoms with van der Waals surface area (Å²) in [4.78, 5) is 101. The molecule has 0 atom stereocenters. The molecule has 0 unspecified atom stereocenters. The molecule has 4 aliphatic heterocycles. The Labute approximate surface area is 776 Å². The van der Waals surface area contributed by atoms with E-state index in [0.717, 1.165) is 160 Å². The Bertz CT molecular complexity index is 3670. The molecule has 110 heavy (non-hydrogen) atoms. The maximum atomic E-state index is 12.4. The Balaban J connectivity index is -0.000000619. The van der Waals surface area contributed by atoms with Crippen LogP contribution in [0.25, 0.3) is 0 Å². The third kappa shape index (κ3) is 39.6. The van der Waals surface area contributed by atoms with E-state index in [4.69, 9.17) is 43.6 Å². The zero-order valence-electron chi connectivity index (χ0n) is 66.8. The number of thiophene rings is 2. The molecule has 36 heteroatoms. The van der Waals surface area contributed by atoms with Crippen LogP contribution in [0.4, 0.5) is 45.5 Å². The summed E-state index contributed by atoms with van der Waals surface area (Å²) in [6.45, 7) is 32.8. The number of nitrogen functional groups attached to an aromatic ring is 1. The summed E-state index contributed by atoms with van der Waals surface area (Å²) in [7, 11) is 0. The molecule has 11 N–H and O–H groups in total. The number of hydrogen-bond donors (Lipinski definition) is 7. The monoisotopic (exact) mass is 1790 g/mol. The van der Waals surface area contributed by atoms with Crippen molar-refractivity contribution in [2.75, 3.05) is 143 Å². The van der Waals surface area contributed by atoms with Gasteiger partial charge in [0.2, 0.25) is 23.6 Å². The second-order valence-corrected chi connectivity index (χ2v) is 26.4. The third-order valence-corrected chi connectivity index (χ3v) is 19.9. The number of rotatable bonds is 25. The van der Waals surface area contributed by atoms with E-state index in [1.807, 2.05) is 81.4 Å². The Hall–Kier alpha value is -4.02. The first-order valence-electron chi connectivity index (χ1n) is 35.5. The number of fused-ring (bicyclic) bond motifs is 4. The number of halogens is 3. The summed E-state index contributed by atoms with van der Waals surface area (Å²) in [5, 5.41) is 52.0. The van der Waals surface area contributed by atoms with Crippen molar-refractivity contribution in [2.45, 2.75) is 114 Å². The van der Waals surface area contributed by atoms with Crippen LogP contribution in [0.1, 0.15) is 121 Å². The number of nitro groups is 2. The van der Waals surface area contributed by atoms with Crippen molar-refractivity contribution in [1.29, 1.82) is 5.41 Å². The molecule has 0 radical (unpaired) electrons. The van der Waals surface area contributed by atoms with Gasteiger partial charge >= 0.3 is 103 Å². The number of nitrogens with zero attached hydrogens (tertiary/aromatic N) is 10. The van der Waals surface area contributed by atoms with Gasteiger partial charge in [0.05, 0.1) is 25.3 Å². The van der Waals surface area contributed by atoms with Crippen LogP contribution in [0.2, 0.25) is 0 Å². The number of hydrogen-bond acceptors (Lipinski definition) is 24. The molecule has 4 aromatic carbocycles. The number of nitrogens with one attached hydrogen (secondary N) is 2. The number of aryl methyl sites for hydroxylation is 4. The second-order valence-electron chi connectivity index (χ2n) is 23.3. The van der Waals surface area contributed by atoms with Crippen LogP contribution in [0.3, 0.4) is 0 Å². The predicted molar refractivity (Wildman–Crippen MR) is 456 cm³/mol. The predicted octanol–water partition coefficient (Wildman–Crippen LogP) is 5.41. The fourth-order valence-electron chi connectivity index (χ4n) is 11.2. The first-order valence-corrected chi connectivity index (χ1v) is 39.0. The van der Waals surface area contributed by atoms with Crippen LogP contribution >= 0.6 is 82.4 Å². The number of carbonyl (C=O) groups is 5. The van der Waals surface area contributed by atoms with Crippen LogP contribution in [-0.2, 0) is 54.5 Å². The first kappa shape index (κ1) is 110. The number of nitrogens with two attached hydrogens (primary N) is 4. The molecule has 0 spiro atoms. The molecule has 602 valence electrons. The zero-order valence-corrected chi connectivity index (χ0v) is 78.4. The number of aliphatic hydroxyl groups is 1. The molecule has 4 aliphatic rings. The Morgan fingerprint density at radius 3 is 1.35 bits per heavy atom. The molecule has 0 aliphatic carbocycles. The van der Waals surface area contributed by atoms with E-state index < -0.39 is 9.85 Å². The largest absolute Gasteiger partial charge is 1.00 e. The molecule has 28 nitrogen and oxygen atoms in total. The molecule has 0 saturated heterocycles. The van der Waals surface area contributed by atoms with Gasteiger partial charge in [-0.3, -0.25) is 61.3 Å². The fraction of sp³-hybridized carbons (Fsp3) is 0.473. The minimum absolute atomic E-state index is 0. The molecular weight excluding hydrogens is 1680 g/mol. The van der Waals surface area contributed by atoms with Crippen LogP contribution in [-0.4, -0.2) is 192 Å². The first-order chi connectivity index (χ1) is 51.0. The number of hydrazine groups is 1.